The average molecular weight is 212 g/mol. The van der Waals surface area contributed by atoms with E-state index in [4.69, 9.17) is 0 Å². The number of halogens is 1. The molecule has 0 radical (unpaired) electrons. The normalized spacial score (nSPS) is 26.6. The van der Waals surface area contributed by atoms with Gasteiger partial charge in [-0.25, -0.2) is 0 Å². The van der Waals surface area contributed by atoms with Crippen molar-refractivity contribution >= 4 is 12.4 Å². The lowest BCUT2D eigenvalue weighted by molar-refractivity contribution is 0.348. The van der Waals surface area contributed by atoms with Gasteiger partial charge in [0, 0.05) is 6.54 Å². The summed E-state index contributed by atoms with van der Waals surface area (Å²) in [4.78, 5) is 0. The fourth-order valence-electron chi connectivity index (χ4n) is 2.14. The van der Waals surface area contributed by atoms with E-state index in [9.17, 15) is 0 Å². The van der Waals surface area contributed by atoms with Crippen LogP contribution in [0.5, 0.6) is 0 Å². The van der Waals surface area contributed by atoms with Crippen LogP contribution in [-0.2, 0) is 0 Å². The number of benzene rings is 1. The standard InChI is InChI=1S/C12H17N.ClH/c1-10-7-8-13-9-12(10)11-5-3-2-4-6-11;/h2-6,10,12-13H,7-9H2,1H3;1H/t10-,12+;/m1./s1. The van der Waals surface area contributed by atoms with Crippen molar-refractivity contribution in [3.63, 3.8) is 0 Å². The summed E-state index contributed by atoms with van der Waals surface area (Å²) in [6.07, 6.45) is 1.31. The Morgan fingerprint density at radius 3 is 2.57 bits per heavy atom. The Balaban J connectivity index is 0.000000980. The second kappa shape index (κ2) is 5.38. The van der Waals surface area contributed by atoms with Gasteiger partial charge in [-0.2, -0.15) is 0 Å². The van der Waals surface area contributed by atoms with Gasteiger partial charge < -0.3 is 5.32 Å². The Morgan fingerprint density at radius 1 is 1.21 bits per heavy atom. The van der Waals surface area contributed by atoms with E-state index in [0.29, 0.717) is 0 Å². The number of piperidine rings is 1. The van der Waals surface area contributed by atoms with Crippen LogP contribution in [0.15, 0.2) is 30.3 Å². The summed E-state index contributed by atoms with van der Waals surface area (Å²) < 4.78 is 0. The minimum atomic E-state index is 0. The van der Waals surface area contributed by atoms with Gasteiger partial charge >= 0.3 is 0 Å². The first-order chi connectivity index (χ1) is 6.38. The summed E-state index contributed by atoms with van der Waals surface area (Å²) >= 11 is 0. The summed E-state index contributed by atoms with van der Waals surface area (Å²) in [6, 6.07) is 10.8. The fraction of sp³-hybridized carbons (Fsp3) is 0.500. The van der Waals surface area contributed by atoms with Crippen LogP contribution in [0.1, 0.15) is 24.8 Å². The van der Waals surface area contributed by atoms with Crippen LogP contribution >= 0.6 is 12.4 Å². The maximum atomic E-state index is 3.46. The van der Waals surface area contributed by atoms with Crippen molar-refractivity contribution in [2.75, 3.05) is 13.1 Å². The molecule has 0 amide bonds. The van der Waals surface area contributed by atoms with Gasteiger partial charge in [0.15, 0.2) is 0 Å². The largest absolute Gasteiger partial charge is 0.316 e. The van der Waals surface area contributed by atoms with Gasteiger partial charge in [-0.05, 0) is 30.4 Å². The molecule has 0 aliphatic carbocycles. The Labute approximate surface area is 92.3 Å². The van der Waals surface area contributed by atoms with Crippen molar-refractivity contribution in [1.82, 2.24) is 5.32 Å². The van der Waals surface area contributed by atoms with E-state index in [1.54, 1.807) is 0 Å². The maximum Gasteiger partial charge on any atom is 0.00227 e. The van der Waals surface area contributed by atoms with Gasteiger partial charge in [0.05, 0.1) is 0 Å². The van der Waals surface area contributed by atoms with E-state index in [1.165, 1.54) is 18.5 Å². The quantitative estimate of drug-likeness (QED) is 0.754. The van der Waals surface area contributed by atoms with E-state index in [2.05, 4.69) is 42.6 Å². The Bertz CT molecular complexity index is 260. The van der Waals surface area contributed by atoms with E-state index in [0.717, 1.165) is 18.4 Å². The van der Waals surface area contributed by atoms with Gasteiger partial charge in [0.25, 0.3) is 0 Å². The van der Waals surface area contributed by atoms with E-state index < -0.39 is 0 Å². The van der Waals surface area contributed by atoms with Crippen molar-refractivity contribution in [3.8, 4) is 0 Å². The van der Waals surface area contributed by atoms with Gasteiger partial charge in [-0.3, -0.25) is 0 Å². The highest BCUT2D eigenvalue weighted by Gasteiger charge is 2.21. The molecule has 78 valence electrons. The Morgan fingerprint density at radius 2 is 1.93 bits per heavy atom. The molecule has 1 fully saturated rings. The third-order valence-electron chi connectivity index (χ3n) is 3.06. The first-order valence-corrected chi connectivity index (χ1v) is 5.13. The smallest absolute Gasteiger partial charge is 0.00227 e. The highest BCUT2D eigenvalue weighted by Crippen LogP contribution is 2.28. The third kappa shape index (κ3) is 2.49. The predicted molar refractivity (Wildman–Crippen MR) is 63.1 cm³/mol. The van der Waals surface area contributed by atoms with Crippen LogP contribution < -0.4 is 5.32 Å². The number of nitrogens with one attached hydrogen (secondary N) is 1. The summed E-state index contributed by atoms with van der Waals surface area (Å²) in [5.74, 6) is 1.54. The highest BCUT2D eigenvalue weighted by atomic mass is 35.5. The average Bonchev–Trinajstić information content (AvgIpc) is 2.20. The lowest BCUT2D eigenvalue weighted by Crippen LogP contribution is -2.33. The van der Waals surface area contributed by atoms with Crippen LogP contribution in [-0.4, -0.2) is 13.1 Å². The molecule has 0 unspecified atom stereocenters. The lowest BCUT2D eigenvalue weighted by Gasteiger charge is -2.29. The zero-order valence-electron chi connectivity index (χ0n) is 8.57. The molecule has 1 heterocycles. The molecular weight excluding hydrogens is 194 g/mol. The zero-order chi connectivity index (χ0) is 9.10. The molecule has 1 aliphatic rings. The van der Waals surface area contributed by atoms with Gasteiger partial charge in [-0.1, -0.05) is 37.3 Å². The monoisotopic (exact) mass is 211 g/mol. The number of rotatable bonds is 1. The third-order valence-corrected chi connectivity index (χ3v) is 3.06. The van der Waals surface area contributed by atoms with Crippen LogP contribution in [0, 0.1) is 5.92 Å². The Kier molecular flexibility index (Phi) is 4.43. The summed E-state index contributed by atoms with van der Waals surface area (Å²) in [5.41, 5.74) is 1.49. The van der Waals surface area contributed by atoms with Gasteiger partial charge in [0.2, 0.25) is 0 Å². The first-order valence-electron chi connectivity index (χ1n) is 5.13. The van der Waals surface area contributed by atoms with Crippen molar-refractivity contribution in [2.45, 2.75) is 19.3 Å². The summed E-state index contributed by atoms with van der Waals surface area (Å²) in [7, 11) is 0. The maximum absolute atomic E-state index is 3.46. The minimum Gasteiger partial charge on any atom is -0.316 e. The second-order valence-corrected chi connectivity index (χ2v) is 3.99. The number of hydrogen-bond acceptors (Lipinski definition) is 1. The van der Waals surface area contributed by atoms with Crippen molar-refractivity contribution < 1.29 is 0 Å². The fourth-order valence-corrected chi connectivity index (χ4v) is 2.14. The van der Waals surface area contributed by atoms with Crippen LogP contribution in [0.2, 0.25) is 0 Å². The molecule has 1 N–H and O–H groups in total. The van der Waals surface area contributed by atoms with E-state index in [1.807, 2.05) is 0 Å². The van der Waals surface area contributed by atoms with Crippen molar-refractivity contribution in [2.24, 2.45) is 5.92 Å². The van der Waals surface area contributed by atoms with Crippen LogP contribution in [0.3, 0.4) is 0 Å². The molecule has 14 heavy (non-hydrogen) atoms. The molecule has 1 nitrogen and oxygen atoms in total. The molecule has 2 heteroatoms. The molecule has 0 aromatic heterocycles. The molecule has 1 aromatic carbocycles. The van der Waals surface area contributed by atoms with Crippen LogP contribution in [0.25, 0.3) is 0 Å². The highest BCUT2D eigenvalue weighted by molar-refractivity contribution is 5.85. The lowest BCUT2D eigenvalue weighted by atomic mass is 9.83. The summed E-state index contributed by atoms with van der Waals surface area (Å²) in [5, 5.41) is 3.46. The molecule has 2 atom stereocenters. The molecule has 1 saturated heterocycles. The molecule has 0 bridgehead atoms. The Hall–Kier alpha value is -0.530. The zero-order valence-corrected chi connectivity index (χ0v) is 9.39. The molecular formula is C12H18ClN. The molecule has 0 spiro atoms. The van der Waals surface area contributed by atoms with Gasteiger partial charge in [0.1, 0.15) is 0 Å². The SMILES string of the molecule is C[C@@H]1CCNC[C@@H]1c1ccccc1.Cl. The molecule has 1 aliphatic heterocycles. The first kappa shape index (κ1) is 11.5. The van der Waals surface area contributed by atoms with E-state index >= 15 is 0 Å². The molecule has 1 aromatic rings. The number of hydrogen-bond donors (Lipinski definition) is 1. The van der Waals surface area contributed by atoms with Crippen LogP contribution in [0.4, 0.5) is 0 Å². The summed E-state index contributed by atoms with van der Waals surface area (Å²) in [6.45, 7) is 4.69. The molecule has 2 rings (SSSR count). The van der Waals surface area contributed by atoms with Crippen molar-refractivity contribution in [1.29, 1.82) is 0 Å². The topological polar surface area (TPSA) is 12.0 Å². The van der Waals surface area contributed by atoms with E-state index in [-0.39, 0.29) is 12.4 Å². The predicted octanol–water partition coefficient (Wildman–Crippen LogP) is 2.82. The van der Waals surface area contributed by atoms with Crippen molar-refractivity contribution in [3.05, 3.63) is 35.9 Å². The second-order valence-electron chi connectivity index (χ2n) is 3.99. The molecule has 0 saturated carbocycles. The minimum absolute atomic E-state index is 0. The van der Waals surface area contributed by atoms with Gasteiger partial charge in [-0.15, -0.1) is 12.4 Å².